The second-order valence-electron chi connectivity index (χ2n) is 18.3. The van der Waals surface area contributed by atoms with Gasteiger partial charge in [0.25, 0.3) is 0 Å². The molecule has 0 saturated carbocycles. The number of hydrogen-bond acceptors (Lipinski definition) is 15. The second-order valence-corrected chi connectivity index (χ2v) is 18.3. The lowest BCUT2D eigenvalue weighted by molar-refractivity contribution is -0.332. The van der Waals surface area contributed by atoms with Crippen LogP contribution in [0.2, 0.25) is 0 Å². The monoisotopic (exact) mass is 969 g/mol. The van der Waals surface area contributed by atoms with Gasteiger partial charge in [-0.25, -0.2) is 0 Å². The molecule has 0 radical (unpaired) electrons. The van der Waals surface area contributed by atoms with Gasteiger partial charge < -0.3 is 64.2 Å². The fourth-order valence-electron chi connectivity index (χ4n) is 7.99. The summed E-state index contributed by atoms with van der Waals surface area (Å²) in [4.78, 5) is 25.8. The fraction of sp³-hybridized carbons (Fsp3) is 0.811. The first-order valence-corrected chi connectivity index (χ1v) is 26.2. The quantitative estimate of drug-likeness (QED) is 0.0179. The van der Waals surface area contributed by atoms with Crippen molar-refractivity contribution in [2.24, 2.45) is 0 Å². The molecule has 0 aromatic rings. The number of rotatable bonds is 40. The second kappa shape index (κ2) is 40.1. The van der Waals surface area contributed by atoms with E-state index in [2.05, 4.69) is 62.5 Å². The van der Waals surface area contributed by atoms with Crippen molar-refractivity contribution in [2.75, 3.05) is 26.4 Å². The molecule has 2 saturated heterocycles. The van der Waals surface area contributed by atoms with E-state index in [1.807, 2.05) is 0 Å². The van der Waals surface area contributed by atoms with Gasteiger partial charge in [-0.15, -0.1) is 0 Å². The number of esters is 2. The molecule has 2 rings (SSSR count). The summed E-state index contributed by atoms with van der Waals surface area (Å²) in [5.41, 5.74) is 0. The summed E-state index contributed by atoms with van der Waals surface area (Å²) < 4.78 is 33.6. The Kier molecular flexibility index (Phi) is 36.3. The van der Waals surface area contributed by atoms with E-state index in [0.29, 0.717) is 12.8 Å². The minimum atomic E-state index is -1.77. The van der Waals surface area contributed by atoms with Crippen molar-refractivity contribution >= 4 is 11.9 Å². The Bertz CT molecular complexity index is 1370. The third-order valence-corrected chi connectivity index (χ3v) is 12.3. The third-order valence-electron chi connectivity index (χ3n) is 12.3. The molecule has 68 heavy (non-hydrogen) atoms. The number of hydrogen-bond donors (Lipinski definition) is 7. The summed E-state index contributed by atoms with van der Waals surface area (Å²) >= 11 is 0. The van der Waals surface area contributed by atoms with Crippen molar-refractivity contribution in [1.29, 1.82) is 0 Å². The zero-order valence-corrected chi connectivity index (χ0v) is 41.6. The molecule has 15 nitrogen and oxygen atoms in total. The van der Waals surface area contributed by atoms with Crippen LogP contribution in [0.3, 0.4) is 0 Å². The van der Waals surface area contributed by atoms with Gasteiger partial charge >= 0.3 is 11.9 Å². The van der Waals surface area contributed by atoms with Gasteiger partial charge in [-0.2, -0.15) is 0 Å². The van der Waals surface area contributed by atoms with Crippen LogP contribution in [0.1, 0.15) is 181 Å². The summed E-state index contributed by atoms with van der Waals surface area (Å²) in [5.74, 6) is -0.950. The molecule has 0 aliphatic carbocycles. The predicted molar refractivity (Wildman–Crippen MR) is 261 cm³/mol. The highest BCUT2D eigenvalue weighted by molar-refractivity contribution is 5.70. The highest BCUT2D eigenvalue weighted by Crippen LogP contribution is 2.26. The molecule has 0 amide bonds. The van der Waals surface area contributed by atoms with Crippen molar-refractivity contribution in [3.8, 4) is 0 Å². The molecular weight excluding hydrogens is 877 g/mol. The lowest BCUT2D eigenvalue weighted by atomic mass is 9.98. The smallest absolute Gasteiger partial charge is 0.306 e. The van der Waals surface area contributed by atoms with Gasteiger partial charge in [0.15, 0.2) is 18.7 Å². The van der Waals surface area contributed by atoms with E-state index in [0.717, 1.165) is 83.5 Å². The number of unbranched alkanes of at least 4 members (excludes halogenated alkanes) is 18. The summed E-state index contributed by atoms with van der Waals surface area (Å²) in [7, 11) is 0. The number of carbonyl (C=O) groups is 2. The van der Waals surface area contributed by atoms with E-state index in [9.17, 15) is 45.3 Å². The summed E-state index contributed by atoms with van der Waals surface area (Å²) in [6, 6.07) is 0. The first-order chi connectivity index (χ1) is 33.0. The molecule has 0 unspecified atom stereocenters. The van der Waals surface area contributed by atoms with Gasteiger partial charge in [0.1, 0.15) is 55.4 Å². The molecular formula is C53H92O15. The Balaban J connectivity index is 1.81. The van der Waals surface area contributed by atoms with Crippen LogP contribution in [-0.4, -0.2) is 142 Å². The standard InChI is InChI=1S/C53H92O15/c1-3-5-7-9-11-13-15-17-19-20-22-23-25-27-29-31-33-35-44(55)63-38-41(66-45(56)36-34-32-30-28-26-24-21-18-16-14-12-10-8-6-4-2)39-64-52-51(62)49(60)47(58)43(68-52)40-65-53-50(61)48(59)46(57)42(37-54)67-53/h6,8,12,14,17-19,21,41-43,46-54,57-62H,3-5,7,9-11,13,15-16,20,22-40H2,1-2H3/b8-6-,14-12-,19-17-,21-18-/t41-,42-,43-,46+,47+,48+,49+,50-,51-,52-,53+/m1/s1. The Labute approximate surface area is 408 Å². The van der Waals surface area contributed by atoms with E-state index in [1.54, 1.807) is 0 Å². The Morgan fingerprint density at radius 3 is 1.47 bits per heavy atom. The van der Waals surface area contributed by atoms with Gasteiger partial charge in [-0.05, 0) is 70.6 Å². The van der Waals surface area contributed by atoms with Crippen molar-refractivity contribution in [3.05, 3.63) is 48.6 Å². The van der Waals surface area contributed by atoms with Crippen LogP contribution >= 0.6 is 0 Å². The van der Waals surface area contributed by atoms with Crippen LogP contribution in [-0.2, 0) is 38.0 Å². The van der Waals surface area contributed by atoms with Crippen LogP contribution < -0.4 is 0 Å². The first-order valence-electron chi connectivity index (χ1n) is 26.2. The minimum absolute atomic E-state index is 0.144. The number of ether oxygens (including phenoxy) is 6. The molecule has 0 aromatic carbocycles. The van der Waals surface area contributed by atoms with Gasteiger partial charge in [-0.1, -0.05) is 146 Å². The van der Waals surface area contributed by atoms with Crippen LogP contribution in [0, 0.1) is 0 Å². The van der Waals surface area contributed by atoms with E-state index < -0.39 is 99.3 Å². The fourth-order valence-corrected chi connectivity index (χ4v) is 7.99. The van der Waals surface area contributed by atoms with Crippen LogP contribution in [0.25, 0.3) is 0 Å². The Hall–Kier alpha value is -2.54. The lowest BCUT2D eigenvalue weighted by Crippen LogP contribution is -2.61. The summed E-state index contributed by atoms with van der Waals surface area (Å²) in [6.45, 7) is 2.45. The normalized spacial score (nSPS) is 26.1. The first kappa shape index (κ1) is 61.6. The summed E-state index contributed by atoms with van der Waals surface area (Å²) in [5, 5.41) is 72.1. The number of carbonyl (C=O) groups excluding carboxylic acids is 2. The van der Waals surface area contributed by atoms with Crippen molar-refractivity contribution in [1.82, 2.24) is 0 Å². The predicted octanol–water partition coefficient (Wildman–Crippen LogP) is 7.49. The Morgan fingerprint density at radius 2 is 0.926 bits per heavy atom. The van der Waals surface area contributed by atoms with Gasteiger partial charge in [0.05, 0.1) is 19.8 Å². The average Bonchev–Trinajstić information content (AvgIpc) is 3.33. The number of aliphatic hydroxyl groups excluding tert-OH is 7. The molecule has 0 aromatic heterocycles. The maximum atomic E-state index is 13.0. The average molecular weight is 969 g/mol. The van der Waals surface area contributed by atoms with Crippen molar-refractivity contribution in [3.63, 3.8) is 0 Å². The highest BCUT2D eigenvalue weighted by Gasteiger charge is 2.47. The van der Waals surface area contributed by atoms with Gasteiger partial charge in [0, 0.05) is 12.8 Å². The van der Waals surface area contributed by atoms with Crippen LogP contribution in [0.5, 0.6) is 0 Å². The summed E-state index contributed by atoms with van der Waals surface area (Å²) in [6.07, 6.45) is 27.1. The third kappa shape index (κ3) is 27.7. The molecule has 2 aliphatic rings. The van der Waals surface area contributed by atoms with E-state index >= 15 is 0 Å². The lowest BCUT2D eigenvalue weighted by Gasteiger charge is -2.42. The van der Waals surface area contributed by atoms with Crippen molar-refractivity contribution < 1.29 is 73.8 Å². The van der Waals surface area contributed by atoms with E-state index in [1.165, 1.54) is 57.8 Å². The molecule has 0 spiro atoms. The Morgan fingerprint density at radius 1 is 0.485 bits per heavy atom. The van der Waals surface area contributed by atoms with Crippen molar-refractivity contribution in [2.45, 2.75) is 248 Å². The molecule has 2 heterocycles. The number of aliphatic hydroxyl groups is 7. The zero-order chi connectivity index (χ0) is 49.6. The maximum absolute atomic E-state index is 13.0. The molecule has 7 N–H and O–H groups in total. The highest BCUT2D eigenvalue weighted by atomic mass is 16.7. The zero-order valence-electron chi connectivity index (χ0n) is 41.6. The number of allylic oxidation sites excluding steroid dienone is 8. The molecule has 2 fully saturated rings. The molecule has 0 bridgehead atoms. The van der Waals surface area contributed by atoms with E-state index in [4.69, 9.17) is 28.4 Å². The van der Waals surface area contributed by atoms with E-state index in [-0.39, 0.29) is 19.4 Å². The van der Waals surface area contributed by atoms with Gasteiger partial charge in [-0.3, -0.25) is 9.59 Å². The molecule has 2 aliphatic heterocycles. The largest absolute Gasteiger partial charge is 0.462 e. The van der Waals surface area contributed by atoms with Crippen LogP contribution in [0.15, 0.2) is 48.6 Å². The molecule has 394 valence electrons. The van der Waals surface area contributed by atoms with Crippen LogP contribution in [0.4, 0.5) is 0 Å². The SMILES string of the molecule is CC/C=C\C/C=C\C/C=C\CCCCCCCC(=O)O[C@H](COC(=O)CCCCCCCCC/C=C\CCCCCCCC)CO[C@@H]1O[C@H](CO[C@H]2O[C@H](CO)[C@H](O)[C@H](O)[C@H]2O)[C@H](O)[C@H](O)[C@H]1O. The molecule has 15 heteroatoms. The molecule has 11 atom stereocenters. The maximum Gasteiger partial charge on any atom is 0.306 e. The van der Waals surface area contributed by atoms with Gasteiger partial charge in [0.2, 0.25) is 0 Å². The minimum Gasteiger partial charge on any atom is -0.462 e. The topological polar surface area (TPSA) is 231 Å².